The van der Waals surface area contributed by atoms with Gasteiger partial charge in [0.25, 0.3) is 5.91 Å². The maximum atomic E-state index is 12.4. The van der Waals surface area contributed by atoms with Gasteiger partial charge in [-0.05, 0) is 92.9 Å². The van der Waals surface area contributed by atoms with Crippen LogP contribution < -0.4 is 10.6 Å². The van der Waals surface area contributed by atoms with E-state index in [0.717, 1.165) is 17.8 Å². The summed E-state index contributed by atoms with van der Waals surface area (Å²) in [6, 6.07) is 6.98. The van der Waals surface area contributed by atoms with E-state index >= 15 is 0 Å². The van der Waals surface area contributed by atoms with E-state index in [9.17, 15) is 9.59 Å². The zero-order chi connectivity index (χ0) is 19.0. The molecule has 2 N–H and O–H groups in total. The molecule has 0 heterocycles. The average Bonchev–Trinajstić information content (AvgIpc) is 2.61. The van der Waals surface area contributed by atoms with E-state index in [-0.39, 0.29) is 17.9 Å². The lowest BCUT2D eigenvalue weighted by atomic mass is 9.48. The molecule has 1 aromatic rings. The monoisotopic (exact) mass is 388 g/mol. The molecule has 4 nitrogen and oxygen atoms in total. The molecule has 1 atom stereocenters. The van der Waals surface area contributed by atoms with E-state index in [1.165, 1.54) is 38.5 Å². The number of amides is 2. The molecule has 1 aromatic carbocycles. The predicted octanol–water partition coefficient (Wildman–Crippen LogP) is 4.18. The summed E-state index contributed by atoms with van der Waals surface area (Å²) in [5, 5.41) is 6.67. The van der Waals surface area contributed by atoms with Gasteiger partial charge in [-0.1, -0.05) is 11.6 Å². The van der Waals surface area contributed by atoms with Gasteiger partial charge in [0.15, 0.2) is 0 Å². The SMILES string of the molecule is C[C@@H](NC(=O)CCNC(=O)c1ccc(Cl)cc1)C12CC3CC(CC(C3)C1)C2. The molecule has 146 valence electrons. The molecule has 0 spiro atoms. The van der Waals surface area contributed by atoms with Crippen LogP contribution in [-0.4, -0.2) is 24.4 Å². The van der Waals surface area contributed by atoms with Crippen molar-refractivity contribution in [1.29, 1.82) is 0 Å². The fourth-order valence-corrected chi connectivity index (χ4v) is 6.29. The number of rotatable bonds is 6. The maximum absolute atomic E-state index is 12.4. The molecule has 4 aliphatic rings. The molecule has 5 rings (SSSR count). The summed E-state index contributed by atoms with van der Waals surface area (Å²) < 4.78 is 0. The second kappa shape index (κ2) is 7.46. The third-order valence-corrected chi connectivity index (χ3v) is 7.38. The molecule has 0 saturated heterocycles. The van der Waals surface area contributed by atoms with Crippen LogP contribution in [0.1, 0.15) is 62.2 Å². The number of benzene rings is 1. The highest BCUT2D eigenvalue weighted by Gasteiger charge is 2.53. The Morgan fingerprint density at radius 3 is 2.19 bits per heavy atom. The number of halogens is 1. The second-order valence-corrected chi connectivity index (χ2v) is 9.52. The number of carbonyl (C=O) groups is 2. The van der Waals surface area contributed by atoms with Crippen molar-refractivity contribution >= 4 is 23.4 Å². The summed E-state index contributed by atoms with van der Waals surface area (Å²) in [6.07, 6.45) is 8.41. The minimum absolute atomic E-state index is 0.0367. The first-order valence-corrected chi connectivity index (χ1v) is 10.6. The van der Waals surface area contributed by atoms with Gasteiger partial charge >= 0.3 is 0 Å². The molecule has 4 bridgehead atoms. The number of hydrogen-bond donors (Lipinski definition) is 2. The molecule has 5 heteroatoms. The van der Waals surface area contributed by atoms with Crippen LogP contribution in [0.4, 0.5) is 0 Å². The van der Waals surface area contributed by atoms with Crippen molar-refractivity contribution in [3.63, 3.8) is 0 Å². The molecule has 0 unspecified atom stereocenters. The van der Waals surface area contributed by atoms with E-state index in [4.69, 9.17) is 11.6 Å². The number of hydrogen-bond acceptors (Lipinski definition) is 2. The number of carbonyl (C=O) groups excluding carboxylic acids is 2. The molecule has 4 fully saturated rings. The summed E-state index contributed by atoms with van der Waals surface area (Å²) in [5.74, 6) is 2.51. The summed E-state index contributed by atoms with van der Waals surface area (Å²) in [5.41, 5.74) is 0.874. The van der Waals surface area contributed by atoms with Crippen LogP contribution >= 0.6 is 11.6 Å². The second-order valence-electron chi connectivity index (χ2n) is 9.08. The molecular weight excluding hydrogens is 360 g/mol. The normalized spacial score (nSPS) is 32.1. The van der Waals surface area contributed by atoms with E-state index in [2.05, 4.69) is 17.6 Å². The molecule has 2 amide bonds. The summed E-state index contributed by atoms with van der Waals surface area (Å²) >= 11 is 5.84. The zero-order valence-electron chi connectivity index (χ0n) is 16.0. The van der Waals surface area contributed by atoms with Crippen LogP contribution in [0, 0.1) is 23.2 Å². The highest BCUT2D eigenvalue weighted by molar-refractivity contribution is 6.30. The first-order valence-electron chi connectivity index (χ1n) is 10.3. The van der Waals surface area contributed by atoms with Gasteiger partial charge in [0.1, 0.15) is 0 Å². The molecule has 0 radical (unpaired) electrons. The van der Waals surface area contributed by atoms with Crippen molar-refractivity contribution in [1.82, 2.24) is 10.6 Å². The van der Waals surface area contributed by atoms with Gasteiger partial charge < -0.3 is 10.6 Å². The molecule has 0 aromatic heterocycles. The highest BCUT2D eigenvalue weighted by Crippen LogP contribution is 2.61. The van der Waals surface area contributed by atoms with E-state index in [0.29, 0.717) is 29.0 Å². The summed E-state index contributed by atoms with van der Waals surface area (Å²) in [4.78, 5) is 24.5. The number of nitrogens with one attached hydrogen (secondary N) is 2. The Morgan fingerprint density at radius 1 is 1.07 bits per heavy atom. The minimum Gasteiger partial charge on any atom is -0.353 e. The average molecular weight is 389 g/mol. The smallest absolute Gasteiger partial charge is 0.251 e. The maximum Gasteiger partial charge on any atom is 0.251 e. The van der Waals surface area contributed by atoms with E-state index < -0.39 is 0 Å². The Labute approximate surface area is 166 Å². The van der Waals surface area contributed by atoms with Gasteiger partial charge in [-0.15, -0.1) is 0 Å². The van der Waals surface area contributed by atoms with Crippen LogP contribution in [0.2, 0.25) is 5.02 Å². The van der Waals surface area contributed by atoms with Crippen LogP contribution in [-0.2, 0) is 4.79 Å². The third-order valence-electron chi connectivity index (χ3n) is 7.13. The zero-order valence-corrected chi connectivity index (χ0v) is 16.7. The quantitative estimate of drug-likeness (QED) is 0.767. The standard InChI is InChI=1S/C22H29ClN2O2/c1-14(22-11-15-8-16(12-22)10-17(9-15)13-22)25-20(26)6-7-24-21(27)18-2-4-19(23)5-3-18/h2-5,14-17H,6-13H2,1H3,(H,24,27)(H,25,26)/t14-,15?,16?,17?,22?/m1/s1. The van der Waals surface area contributed by atoms with Crippen molar-refractivity contribution in [2.45, 2.75) is 57.9 Å². The van der Waals surface area contributed by atoms with Crippen molar-refractivity contribution in [3.8, 4) is 0 Å². The van der Waals surface area contributed by atoms with Crippen molar-refractivity contribution in [2.24, 2.45) is 23.2 Å². The lowest BCUT2D eigenvalue weighted by molar-refractivity contribution is -0.125. The molecule has 27 heavy (non-hydrogen) atoms. The summed E-state index contributed by atoms with van der Waals surface area (Å²) in [7, 11) is 0. The van der Waals surface area contributed by atoms with Crippen LogP contribution in [0.5, 0.6) is 0 Å². The Hall–Kier alpha value is -1.55. The fourth-order valence-electron chi connectivity index (χ4n) is 6.17. The Morgan fingerprint density at radius 2 is 1.63 bits per heavy atom. The van der Waals surface area contributed by atoms with Gasteiger partial charge in [0.05, 0.1) is 0 Å². The molecule has 4 aliphatic carbocycles. The Bertz CT molecular complexity index is 680. The lowest BCUT2D eigenvalue weighted by Gasteiger charge is -2.59. The van der Waals surface area contributed by atoms with Gasteiger partial charge in [-0.25, -0.2) is 0 Å². The third kappa shape index (κ3) is 4.01. The molecular formula is C22H29ClN2O2. The lowest BCUT2D eigenvalue weighted by Crippen LogP contribution is -2.56. The largest absolute Gasteiger partial charge is 0.353 e. The molecule has 4 saturated carbocycles. The van der Waals surface area contributed by atoms with Crippen LogP contribution in [0.3, 0.4) is 0 Å². The Kier molecular flexibility index (Phi) is 5.19. The fraction of sp³-hybridized carbons (Fsp3) is 0.636. The van der Waals surface area contributed by atoms with Gasteiger partial charge in [0.2, 0.25) is 5.91 Å². The summed E-state index contributed by atoms with van der Waals surface area (Å²) in [6.45, 7) is 2.54. The van der Waals surface area contributed by atoms with Crippen LogP contribution in [0.25, 0.3) is 0 Å². The van der Waals surface area contributed by atoms with Crippen molar-refractivity contribution in [3.05, 3.63) is 34.9 Å². The van der Waals surface area contributed by atoms with Crippen molar-refractivity contribution < 1.29 is 9.59 Å². The first kappa shape index (κ1) is 18.8. The predicted molar refractivity (Wildman–Crippen MR) is 107 cm³/mol. The first-order chi connectivity index (χ1) is 12.9. The van der Waals surface area contributed by atoms with E-state index in [1.807, 2.05) is 0 Å². The van der Waals surface area contributed by atoms with Gasteiger partial charge in [-0.3, -0.25) is 9.59 Å². The Balaban J connectivity index is 1.25. The minimum atomic E-state index is -0.173. The molecule has 0 aliphatic heterocycles. The van der Waals surface area contributed by atoms with Gasteiger partial charge in [-0.2, -0.15) is 0 Å². The topological polar surface area (TPSA) is 58.2 Å². The van der Waals surface area contributed by atoms with Crippen LogP contribution in [0.15, 0.2) is 24.3 Å². The van der Waals surface area contributed by atoms with Crippen molar-refractivity contribution in [2.75, 3.05) is 6.54 Å². The highest BCUT2D eigenvalue weighted by atomic mass is 35.5. The van der Waals surface area contributed by atoms with E-state index in [1.54, 1.807) is 24.3 Å². The van der Waals surface area contributed by atoms with Gasteiger partial charge in [0, 0.05) is 29.6 Å².